The number of rotatable bonds is 0. The van der Waals surface area contributed by atoms with Gasteiger partial charge in [0, 0.05) is 0 Å². The molecule has 2 aromatic rings. The highest BCUT2D eigenvalue weighted by Crippen LogP contribution is 2.30. The maximum absolute atomic E-state index is 5.57. The van der Waals surface area contributed by atoms with Crippen molar-refractivity contribution in [1.29, 1.82) is 0 Å². The Balaban J connectivity index is 2.50. The molecule has 0 aliphatic carbocycles. The molecule has 3 rings (SSSR count). The van der Waals surface area contributed by atoms with Crippen LogP contribution in [0.15, 0.2) is 30.3 Å². The Morgan fingerprint density at radius 2 is 2.00 bits per heavy atom. The van der Waals surface area contributed by atoms with E-state index in [4.69, 9.17) is 4.74 Å². The van der Waals surface area contributed by atoms with Crippen LogP contribution in [0.5, 0.6) is 0 Å². The minimum Gasteiger partial charge on any atom is -0.372 e. The monoisotopic (exact) mass is 184 g/mol. The van der Waals surface area contributed by atoms with Crippen LogP contribution >= 0.6 is 0 Å². The topological polar surface area (TPSA) is 9.23 Å². The third-order valence-electron chi connectivity index (χ3n) is 2.98. The molecule has 0 spiro atoms. The molecule has 1 aliphatic heterocycles. The second-order valence-electron chi connectivity index (χ2n) is 3.87. The number of benzene rings is 2. The molecule has 0 unspecified atom stereocenters. The third kappa shape index (κ3) is 0.992. The van der Waals surface area contributed by atoms with Gasteiger partial charge in [-0.3, -0.25) is 0 Å². The van der Waals surface area contributed by atoms with Crippen LogP contribution in [0, 0.1) is 6.92 Å². The summed E-state index contributed by atoms with van der Waals surface area (Å²) in [5.41, 5.74) is 4.03. The highest BCUT2D eigenvalue weighted by atomic mass is 16.5. The van der Waals surface area contributed by atoms with Crippen LogP contribution in [0.2, 0.25) is 0 Å². The van der Waals surface area contributed by atoms with E-state index in [0.717, 1.165) is 13.2 Å². The van der Waals surface area contributed by atoms with Gasteiger partial charge in [0.15, 0.2) is 0 Å². The van der Waals surface area contributed by atoms with Crippen LogP contribution in [-0.4, -0.2) is 0 Å². The van der Waals surface area contributed by atoms with Crippen LogP contribution in [-0.2, 0) is 18.0 Å². The van der Waals surface area contributed by atoms with E-state index in [1.807, 2.05) is 0 Å². The molecule has 0 bridgehead atoms. The predicted octanol–water partition coefficient (Wildman–Crippen LogP) is 3.18. The first kappa shape index (κ1) is 8.01. The fraction of sp³-hybridized carbons (Fsp3) is 0.231. The highest BCUT2D eigenvalue weighted by molar-refractivity contribution is 5.90. The summed E-state index contributed by atoms with van der Waals surface area (Å²) < 4.78 is 5.57. The van der Waals surface area contributed by atoms with Gasteiger partial charge in [-0.25, -0.2) is 0 Å². The Hall–Kier alpha value is -1.34. The summed E-state index contributed by atoms with van der Waals surface area (Å²) in [5, 5.41) is 2.75. The quantitative estimate of drug-likeness (QED) is 0.611. The molecule has 0 saturated carbocycles. The highest BCUT2D eigenvalue weighted by Gasteiger charge is 2.13. The second-order valence-corrected chi connectivity index (χ2v) is 3.87. The zero-order valence-electron chi connectivity index (χ0n) is 8.21. The molecule has 1 aliphatic rings. The van der Waals surface area contributed by atoms with Crippen molar-refractivity contribution >= 4 is 10.8 Å². The van der Waals surface area contributed by atoms with Gasteiger partial charge < -0.3 is 4.74 Å². The van der Waals surface area contributed by atoms with E-state index in [1.54, 1.807) is 0 Å². The maximum atomic E-state index is 5.57. The molecule has 0 fully saturated rings. The zero-order valence-corrected chi connectivity index (χ0v) is 8.21. The maximum Gasteiger partial charge on any atom is 0.0730 e. The van der Waals surface area contributed by atoms with Gasteiger partial charge in [0.1, 0.15) is 0 Å². The summed E-state index contributed by atoms with van der Waals surface area (Å²) >= 11 is 0. The summed E-state index contributed by atoms with van der Waals surface area (Å²) in [6.45, 7) is 3.67. The van der Waals surface area contributed by atoms with E-state index in [0.29, 0.717) is 0 Å². The lowest BCUT2D eigenvalue weighted by Gasteiger charge is -2.19. The fourth-order valence-electron chi connectivity index (χ4n) is 2.21. The van der Waals surface area contributed by atoms with Crippen LogP contribution in [0.4, 0.5) is 0 Å². The number of ether oxygens (including phenoxy) is 1. The normalized spacial score (nSPS) is 14.6. The Morgan fingerprint density at radius 3 is 2.93 bits per heavy atom. The van der Waals surface area contributed by atoms with E-state index < -0.39 is 0 Å². The Kier molecular flexibility index (Phi) is 1.62. The first-order chi connectivity index (χ1) is 6.86. The first-order valence-electron chi connectivity index (χ1n) is 4.94. The third-order valence-corrected chi connectivity index (χ3v) is 2.98. The van der Waals surface area contributed by atoms with Crippen molar-refractivity contribution in [1.82, 2.24) is 0 Å². The van der Waals surface area contributed by atoms with Crippen molar-refractivity contribution in [2.75, 3.05) is 0 Å². The molecular formula is C13H12O. The van der Waals surface area contributed by atoms with Crippen LogP contribution in [0.3, 0.4) is 0 Å². The van der Waals surface area contributed by atoms with Crippen molar-refractivity contribution in [3.05, 3.63) is 47.0 Å². The van der Waals surface area contributed by atoms with Gasteiger partial charge in [0.25, 0.3) is 0 Å². The molecule has 0 aromatic heterocycles. The van der Waals surface area contributed by atoms with Crippen molar-refractivity contribution in [3.63, 3.8) is 0 Å². The van der Waals surface area contributed by atoms with Gasteiger partial charge >= 0.3 is 0 Å². The Morgan fingerprint density at radius 1 is 1.07 bits per heavy atom. The number of aryl methyl sites for hydroxylation is 1. The molecule has 2 aromatic carbocycles. The first-order valence-corrected chi connectivity index (χ1v) is 4.94. The molecule has 0 N–H and O–H groups in total. The molecule has 0 saturated heterocycles. The molecular weight excluding hydrogens is 172 g/mol. The van der Waals surface area contributed by atoms with Crippen molar-refractivity contribution in [2.24, 2.45) is 0 Å². The van der Waals surface area contributed by atoms with E-state index in [1.165, 1.54) is 27.5 Å². The molecule has 70 valence electrons. The van der Waals surface area contributed by atoms with Gasteiger partial charge in [0.2, 0.25) is 0 Å². The average Bonchev–Trinajstić information content (AvgIpc) is 2.24. The van der Waals surface area contributed by atoms with Gasteiger partial charge in [-0.05, 0) is 34.4 Å². The van der Waals surface area contributed by atoms with E-state index >= 15 is 0 Å². The van der Waals surface area contributed by atoms with Crippen molar-refractivity contribution < 1.29 is 4.74 Å². The smallest absolute Gasteiger partial charge is 0.0730 e. The Labute approximate surface area is 83.3 Å². The van der Waals surface area contributed by atoms with Crippen molar-refractivity contribution in [2.45, 2.75) is 20.1 Å². The average molecular weight is 184 g/mol. The Bertz CT molecular complexity index is 500. The lowest BCUT2D eigenvalue weighted by molar-refractivity contribution is 0.103. The molecule has 0 atom stereocenters. The minimum absolute atomic E-state index is 0.758. The zero-order chi connectivity index (χ0) is 9.54. The van der Waals surface area contributed by atoms with Crippen LogP contribution in [0.1, 0.15) is 16.7 Å². The fourth-order valence-corrected chi connectivity index (χ4v) is 2.21. The van der Waals surface area contributed by atoms with Crippen molar-refractivity contribution in [3.8, 4) is 0 Å². The van der Waals surface area contributed by atoms with E-state index in [9.17, 15) is 0 Å². The standard InChI is InChI=1S/C13H12O/c1-9-5-6-10-3-2-4-11-7-14-8-12(9)13(10)11/h2-6H,7-8H2,1H3. The van der Waals surface area contributed by atoms with Crippen LogP contribution < -0.4 is 0 Å². The van der Waals surface area contributed by atoms with Gasteiger partial charge in [-0.1, -0.05) is 30.3 Å². The number of hydrogen-bond donors (Lipinski definition) is 0. The van der Waals surface area contributed by atoms with Gasteiger partial charge in [-0.15, -0.1) is 0 Å². The lowest BCUT2D eigenvalue weighted by Crippen LogP contribution is -2.05. The summed E-state index contributed by atoms with van der Waals surface area (Å²) in [7, 11) is 0. The number of hydrogen-bond acceptors (Lipinski definition) is 1. The lowest BCUT2D eigenvalue weighted by atomic mass is 9.95. The molecule has 0 radical (unpaired) electrons. The summed E-state index contributed by atoms with van der Waals surface area (Å²) in [6, 6.07) is 10.8. The SMILES string of the molecule is Cc1ccc2cccc3c2c1COC3. The van der Waals surface area contributed by atoms with E-state index in [-0.39, 0.29) is 0 Å². The van der Waals surface area contributed by atoms with Gasteiger partial charge in [0.05, 0.1) is 13.2 Å². The largest absolute Gasteiger partial charge is 0.372 e. The molecule has 0 amide bonds. The van der Waals surface area contributed by atoms with E-state index in [2.05, 4.69) is 37.3 Å². The molecule has 1 nitrogen and oxygen atoms in total. The van der Waals surface area contributed by atoms with Crippen LogP contribution in [0.25, 0.3) is 10.8 Å². The molecule has 1 heterocycles. The summed E-state index contributed by atoms with van der Waals surface area (Å²) in [4.78, 5) is 0. The molecule has 1 heteroatoms. The molecule has 14 heavy (non-hydrogen) atoms. The van der Waals surface area contributed by atoms with Gasteiger partial charge in [-0.2, -0.15) is 0 Å². The summed E-state index contributed by atoms with van der Waals surface area (Å²) in [5.74, 6) is 0. The minimum atomic E-state index is 0.758. The summed E-state index contributed by atoms with van der Waals surface area (Å²) in [6.07, 6.45) is 0. The second kappa shape index (κ2) is 2.82. The predicted molar refractivity (Wildman–Crippen MR) is 57.2 cm³/mol.